The van der Waals surface area contributed by atoms with Gasteiger partial charge in [0.1, 0.15) is 11.9 Å². The molecule has 0 spiro atoms. The van der Waals surface area contributed by atoms with Gasteiger partial charge in [0.15, 0.2) is 15.4 Å². The van der Waals surface area contributed by atoms with Crippen LogP contribution in [0.2, 0.25) is 0 Å². The average Bonchev–Trinajstić information content (AvgIpc) is 3.32. The summed E-state index contributed by atoms with van der Waals surface area (Å²) in [6.07, 6.45) is -5.19. The molecule has 1 aliphatic heterocycles. The molecule has 2 atom stereocenters. The first-order chi connectivity index (χ1) is 19.9. The summed E-state index contributed by atoms with van der Waals surface area (Å²) in [7, 11) is -3.79. The van der Waals surface area contributed by atoms with Gasteiger partial charge in [0.2, 0.25) is 5.90 Å². The molecule has 0 saturated heterocycles. The summed E-state index contributed by atoms with van der Waals surface area (Å²) < 4.78 is 77.3. The van der Waals surface area contributed by atoms with Gasteiger partial charge in [-0.2, -0.15) is 13.2 Å². The number of nitrogens with one attached hydrogen (secondary N) is 1. The number of sulfone groups is 1. The Hall–Kier alpha value is -3.90. The van der Waals surface area contributed by atoms with Crippen LogP contribution >= 0.6 is 0 Å². The summed E-state index contributed by atoms with van der Waals surface area (Å²) in [5.41, 5.74) is -1.78. The fraction of sp³-hybridized carbons (Fsp3) is 0.333. The van der Waals surface area contributed by atoms with Gasteiger partial charge in [-0.05, 0) is 67.4 Å². The normalized spacial score (nSPS) is 18.7. The zero-order valence-corrected chi connectivity index (χ0v) is 23.6. The molecule has 3 aromatic carbocycles. The molecule has 0 aromatic heterocycles. The number of nitrogens with zero attached hydrogens (tertiary/aromatic N) is 1. The van der Waals surface area contributed by atoms with Gasteiger partial charge in [-0.25, -0.2) is 13.4 Å². The maximum Gasteiger partial charge on any atom is 0.416 e. The molecule has 2 N–H and O–H groups in total. The molecule has 1 amide bonds. The molecule has 3 aromatic rings. The molecule has 0 bridgehead atoms. The Kier molecular flexibility index (Phi) is 9.57. The summed E-state index contributed by atoms with van der Waals surface area (Å²) in [4.78, 5) is 18.4. The minimum Gasteiger partial charge on any atom is -0.494 e. The number of alkyl halides is 3. The van der Waals surface area contributed by atoms with Crippen molar-refractivity contribution in [2.75, 3.05) is 19.0 Å². The van der Waals surface area contributed by atoms with E-state index in [9.17, 15) is 26.4 Å². The molecule has 0 fully saturated rings. The Balaban J connectivity index is 1.61. The molecule has 42 heavy (non-hydrogen) atoms. The number of aliphatic hydroxyl groups is 1. The number of aliphatic hydroxyl groups excluding tert-OH is 1. The monoisotopic (exact) mass is 604 g/mol. The van der Waals surface area contributed by atoms with Crippen molar-refractivity contribution in [1.82, 2.24) is 5.32 Å². The number of hydrogen-bond acceptors (Lipinski definition) is 7. The Morgan fingerprint density at radius 1 is 1.07 bits per heavy atom. The number of rotatable bonds is 12. The number of carbonyl (C=O) groups is 1. The first kappa shape index (κ1) is 31.0. The van der Waals surface area contributed by atoms with Crippen LogP contribution in [0.15, 0.2) is 88.8 Å². The van der Waals surface area contributed by atoms with Crippen molar-refractivity contribution < 1.29 is 41.0 Å². The molecule has 0 unspecified atom stereocenters. The smallest absolute Gasteiger partial charge is 0.416 e. The highest BCUT2D eigenvalue weighted by Gasteiger charge is 2.50. The Morgan fingerprint density at radius 3 is 2.45 bits per heavy atom. The number of hydrogen-bond donors (Lipinski definition) is 2. The Labute approximate surface area is 242 Å². The summed E-state index contributed by atoms with van der Waals surface area (Å²) >= 11 is 0. The first-order valence-corrected chi connectivity index (χ1v) is 14.9. The average molecular weight is 605 g/mol. The number of benzene rings is 3. The fourth-order valence-electron chi connectivity index (χ4n) is 4.48. The second-order valence-electron chi connectivity index (χ2n) is 9.81. The third-order valence-electron chi connectivity index (χ3n) is 6.89. The molecular formula is C30H31F3N2O6S. The van der Waals surface area contributed by atoms with Crippen molar-refractivity contribution in [1.29, 1.82) is 0 Å². The van der Waals surface area contributed by atoms with E-state index in [0.717, 1.165) is 12.1 Å². The highest BCUT2D eigenvalue weighted by atomic mass is 32.2. The van der Waals surface area contributed by atoms with Gasteiger partial charge < -0.3 is 19.9 Å². The number of amides is 1. The van der Waals surface area contributed by atoms with Crippen LogP contribution in [0.4, 0.5) is 13.2 Å². The fourth-order valence-corrected chi connectivity index (χ4v) is 5.87. The molecule has 4 rings (SSSR count). The number of halogens is 3. The number of carbonyl (C=O) groups excluding carboxylic acids is 1. The van der Waals surface area contributed by atoms with E-state index >= 15 is 0 Å². The van der Waals surface area contributed by atoms with Gasteiger partial charge in [-0.15, -0.1) is 0 Å². The zero-order valence-electron chi connectivity index (χ0n) is 22.8. The first-order valence-electron chi connectivity index (χ1n) is 13.3. The van der Waals surface area contributed by atoms with E-state index in [1.54, 1.807) is 49.4 Å². The van der Waals surface area contributed by atoms with Crippen LogP contribution in [0.5, 0.6) is 5.75 Å². The van der Waals surface area contributed by atoms with E-state index in [1.165, 1.54) is 24.3 Å². The van der Waals surface area contributed by atoms with Gasteiger partial charge >= 0.3 is 6.18 Å². The van der Waals surface area contributed by atoms with Crippen LogP contribution in [0.3, 0.4) is 0 Å². The number of ether oxygens (including phenoxy) is 2. The van der Waals surface area contributed by atoms with Gasteiger partial charge in [0.25, 0.3) is 5.91 Å². The van der Waals surface area contributed by atoms with Crippen LogP contribution in [0, 0.1) is 0 Å². The Bertz CT molecular complexity index is 1510. The third kappa shape index (κ3) is 7.29. The maximum absolute atomic E-state index is 13.7. The molecular weight excluding hydrogens is 573 g/mol. The summed E-state index contributed by atoms with van der Waals surface area (Å²) in [6, 6.07) is 19.1. The van der Waals surface area contributed by atoms with E-state index in [2.05, 4.69) is 10.3 Å². The van der Waals surface area contributed by atoms with E-state index in [1.807, 2.05) is 0 Å². The van der Waals surface area contributed by atoms with Crippen LogP contribution in [0.25, 0.3) is 0 Å². The van der Waals surface area contributed by atoms with Gasteiger partial charge in [0, 0.05) is 25.1 Å². The van der Waals surface area contributed by atoms with E-state index in [4.69, 9.17) is 14.6 Å². The van der Waals surface area contributed by atoms with Crippen LogP contribution in [-0.2, 0) is 32.1 Å². The largest absolute Gasteiger partial charge is 0.494 e. The van der Waals surface area contributed by atoms with Gasteiger partial charge in [-0.1, -0.05) is 30.3 Å². The van der Waals surface area contributed by atoms with E-state index in [0.29, 0.717) is 24.3 Å². The molecule has 8 nitrogen and oxygen atoms in total. The predicted molar refractivity (Wildman–Crippen MR) is 150 cm³/mol. The zero-order chi connectivity index (χ0) is 30.4. The minimum absolute atomic E-state index is 0.00147. The lowest BCUT2D eigenvalue weighted by Crippen LogP contribution is -2.51. The third-order valence-corrected chi connectivity index (χ3v) is 8.62. The van der Waals surface area contributed by atoms with Crippen molar-refractivity contribution >= 4 is 21.6 Å². The van der Waals surface area contributed by atoms with Crippen molar-refractivity contribution in [2.45, 2.75) is 49.0 Å². The van der Waals surface area contributed by atoms with Crippen molar-refractivity contribution in [3.63, 3.8) is 0 Å². The minimum atomic E-state index is -4.54. The molecule has 0 radical (unpaired) electrons. The topological polar surface area (TPSA) is 114 Å². The molecule has 0 saturated carbocycles. The highest BCUT2D eigenvalue weighted by molar-refractivity contribution is 7.91. The second-order valence-corrected chi connectivity index (χ2v) is 11.9. The molecule has 224 valence electrons. The molecule has 1 aliphatic rings. The summed E-state index contributed by atoms with van der Waals surface area (Å²) in [5, 5.41) is 11.6. The lowest BCUT2D eigenvalue weighted by molar-refractivity contribution is -0.137. The predicted octanol–water partition coefficient (Wildman–Crippen LogP) is 4.55. The lowest BCUT2D eigenvalue weighted by atomic mass is 9.90. The van der Waals surface area contributed by atoms with E-state index < -0.39 is 44.9 Å². The van der Waals surface area contributed by atoms with Crippen molar-refractivity contribution in [3.05, 3.63) is 95.6 Å². The second kappa shape index (κ2) is 13.0. The Morgan fingerprint density at radius 2 is 1.79 bits per heavy atom. The molecule has 1 heterocycles. The van der Waals surface area contributed by atoms with Gasteiger partial charge in [-0.3, -0.25) is 4.79 Å². The van der Waals surface area contributed by atoms with E-state index in [-0.39, 0.29) is 35.9 Å². The van der Waals surface area contributed by atoms with Crippen LogP contribution in [-0.4, -0.2) is 55.9 Å². The van der Waals surface area contributed by atoms with Gasteiger partial charge in [0.05, 0.1) is 22.8 Å². The molecule has 12 heteroatoms. The lowest BCUT2D eigenvalue weighted by Gasteiger charge is -2.28. The molecule has 0 aliphatic carbocycles. The van der Waals surface area contributed by atoms with Crippen molar-refractivity contribution in [2.24, 2.45) is 4.99 Å². The van der Waals surface area contributed by atoms with Crippen LogP contribution < -0.4 is 10.1 Å². The summed E-state index contributed by atoms with van der Waals surface area (Å²) in [5.74, 6) is -0.418. The quantitative estimate of drug-likeness (QED) is 0.293. The highest BCUT2D eigenvalue weighted by Crippen LogP contribution is 2.34. The summed E-state index contributed by atoms with van der Waals surface area (Å²) in [6.45, 7) is 1.70. The maximum atomic E-state index is 13.7. The number of aliphatic imine (C=N–C) groups is 1. The van der Waals surface area contributed by atoms with Crippen molar-refractivity contribution in [3.8, 4) is 5.75 Å². The standard InChI is InChI=1S/C30H31F3N2O6S/c1-21-29(15-18-42(38,39)26-9-3-2-4-10-26,28(37)34-20-22-7-5-8-24(19-22)30(31,32)33)35-27(41-21)23-11-13-25(14-12-23)40-17-6-16-36/h2-5,7-14,19,21,36H,6,15-18,20H2,1H3,(H,34,37)/t21-,29-/m1/s1. The van der Waals surface area contributed by atoms with Crippen LogP contribution in [0.1, 0.15) is 36.5 Å². The SMILES string of the molecule is C[C@H]1OC(c2ccc(OCCCO)cc2)=N[C@@]1(CCS(=O)(=O)c1ccccc1)C(=O)NCc1cccc(C(F)(F)F)c1.